The molecular formula is C21H22F4N2O2. The lowest BCUT2D eigenvalue weighted by atomic mass is 10.1. The quantitative estimate of drug-likeness (QED) is 0.327. The number of carbonyl (C=O) groups excluding carboxylic acids is 1. The molecule has 0 bridgehead atoms. The van der Waals surface area contributed by atoms with Crippen LogP contribution >= 0.6 is 0 Å². The number of hydrogen-bond acceptors (Lipinski definition) is 4. The zero-order valence-corrected chi connectivity index (χ0v) is 16.3. The van der Waals surface area contributed by atoms with E-state index in [2.05, 4.69) is 48.0 Å². The average molecular weight is 410 g/mol. The largest absolute Gasteiger partial charge is 0.417 e. The number of benzene rings is 1. The fourth-order valence-corrected chi connectivity index (χ4v) is 2.56. The molecule has 0 fully saturated rings. The first-order chi connectivity index (χ1) is 13.7. The number of likely N-dealkylation sites (N-methyl/N-ethyl adjacent to an activating group) is 2. The van der Waals surface area contributed by atoms with Gasteiger partial charge >= 0.3 is 5.97 Å². The van der Waals surface area contributed by atoms with Crippen molar-refractivity contribution in [3.8, 4) is 5.75 Å². The average Bonchev–Trinajstić information content (AvgIpc) is 2.70. The minimum atomic E-state index is -1.75. The summed E-state index contributed by atoms with van der Waals surface area (Å²) in [4.78, 5) is 15.6. The first-order valence-corrected chi connectivity index (χ1v) is 8.83. The molecular weight excluding hydrogens is 388 g/mol. The highest BCUT2D eigenvalue weighted by molar-refractivity contribution is 5.91. The predicted molar refractivity (Wildman–Crippen MR) is 102 cm³/mol. The lowest BCUT2D eigenvalue weighted by Gasteiger charge is -2.20. The van der Waals surface area contributed by atoms with Gasteiger partial charge in [-0.25, -0.2) is 13.6 Å². The number of allylic oxidation sites excluding steroid dienone is 4. The lowest BCUT2D eigenvalue weighted by Crippen LogP contribution is -2.25. The summed E-state index contributed by atoms with van der Waals surface area (Å²) >= 11 is 0. The van der Waals surface area contributed by atoms with Gasteiger partial charge in [-0.15, -0.1) is 0 Å². The van der Waals surface area contributed by atoms with Crippen molar-refractivity contribution < 1.29 is 27.1 Å². The van der Waals surface area contributed by atoms with Gasteiger partial charge in [0.25, 0.3) is 0 Å². The molecule has 8 heteroatoms. The summed E-state index contributed by atoms with van der Waals surface area (Å²) in [6.45, 7) is 0.149. The van der Waals surface area contributed by atoms with E-state index < -0.39 is 35.0 Å². The van der Waals surface area contributed by atoms with Crippen molar-refractivity contribution in [3.63, 3.8) is 0 Å². The highest BCUT2D eigenvalue weighted by Crippen LogP contribution is 2.27. The van der Waals surface area contributed by atoms with Crippen molar-refractivity contribution in [1.82, 2.24) is 9.80 Å². The second-order valence-corrected chi connectivity index (χ2v) is 6.72. The van der Waals surface area contributed by atoms with Crippen LogP contribution in [0, 0.1) is 23.3 Å². The Bertz CT molecular complexity index is 850. The van der Waals surface area contributed by atoms with Gasteiger partial charge in [0, 0.05) is 25.7 Å². The fourth-order valence-electron chi connectivity index (χ4n) is 2.56. The summed E-state index contributed by atoms with van der Waals surface area (Å²) in [5.41, 5.74) is 0.0958. The highest BCUT2D eigenvalue weighted by atomic mass is 19.2. The summed E-state index contributed by atoms with van der Waals surface area (Å²) in [5.74, 6) is -9.24. The minimum absolute atomic E-state index is 0.0401. The van der Waals surface area contributed by atoms with Gasteiger partial charge in [-0.2, -0.15) is 8.78 Å². The molecule has 1 aliphatic carbocycles. The van der Waals surface area contributed by atoms with E-state index in [-0.39, 0.29) is 18.2 Å². The van der Waals surface area contributed by atoms with Gasteiger partial charge in [0.15, 0.2) is 11.6 Å². The van der Waals surface area contributed by atoms with Crippen molar-refractivity contribution in [2.75, 3.05) is 27.7 Å². The second kappa shape index (κ2) is 10.1. The van der Waals surface area contributed by atoms with Crippen LogP contribution in [0.25, 0.3) is 0 Å². The first kappa shape index (κ1) is 22.4. The fraction of sp³-hybridized carbons (Fsp3) is 0.286. The van der Waals surface area contributed by atoms with Crippen molar-refractivity contribution in [3.05, 3.63) is 77.6 Å². The summed E-state index contributed by atoms with van der Waals surface area (Å²) in [5, 5.41) is 0. The van der Waals surface area contributed by atoms with E-state index in [1.54, 1.807) is 18.1 Å². The molecule has 0 radical (unpaired) electrons. The molecule has 0 amide bonds. The van der Waals surface area contributed by atoms with E-state index in [9.17, 15) is 22.4 Å². The summed E-state index contributed by atoms with van der Waals surface area (Å²) < 4.78 is 57.1. The predicted octanol–water partition coefficient (Wildman–Crippen LogP) is 3.97. The topological polar surface area (TPSA) is 32.8 Å². The van der Waals surface area contributed by atoms with E-state index in [4.69, 9.17) is 0 Å². The Kier molecular flexibility index (Phi) is 7.78. The molecule has 0 saturated heterocycles. The van der Waals surface area contributed by atoms with Crippen LogP contribution in [-0.2, 0) is 4.79 Å². The summed E-state index contributed by atoms with van der Waals surface area (Å²) in [6.07, 6.45) is 14.4. The first-order valence-electron chi connectivity index (χ1n) is 8.83. The van der Waals surface area contributed by atoms with Crippen LogP contribution in [0.2, 0.25) is 0 Å². The maximum Gasteiger partial charge on any atom is 0.341 e. The van der Waals surface area contributed by atoms with E-state index in [1.165, 1.54) is 12.2 Å². The Labute approximate surface area is 167 Å². The van der Waals surface area contributed by atoms with Gasteiger partial charge in [-0.05, 0) is 38.9 Å². The number of hydrogen-bond donors (Lipinski definition) is 0. The van der Waals surface area contributed by atoms with Crippen molar-refractivity contribution in [1.29, 1.82) is 0 Å². The zero-order chi connectivity index (χ0) is 21.6. The molecule has 1 atom stereocenters. The SMILES string of the molecule is CN(C)C1C=CC=CC1.CN1C=CC=C(C(=O)Oc2c(F)c(F)cc(F)c2F)C1. The molecule has 1 heterocycles. The highest BCUT2D eigenvalue weighted by Gasteiger charge is 2.24. The molecule has 1 unspecified atom stereocenters. The number of ether oxygens (including phenoxy) is 1. The third-order valence-electron chi connectivity index (χ3n) is 4.21. The smallest absolute Gasteiger partial charge is 0.341 e. The van der Waals surface area contributed by atoms with Crippen LogP contribution < -0.4 is 4.74 Å². The number of halogens is 4. The molecule has 2 aliphatic rings. The van der Waals surface area contributed by atoms with Crippen molar-refractivity contribution >= 4 is 5.97 Å². The van der Waals surface area contributed by atoms with Gasteiger partial charge in [0.1, 0.15) is 0 Å². The number of esters is 1. The van der Waals surface area contributed by atoms with Crippen LogP contribution in [0.3, 0.4) is 0 Å². The molecule has 3 rings (SSSR count). The normalized spacial score (nSPS) is 17.7. The van der Waals surface area contributed by atoms with Crippen LogP contribution in [-0.4, -0.2) is 49.5 Å². The van der Waals surface area contributed by atoms with Gasteiger partial charge in [-0.3, -0.25) is 0 Å². The summed E-state index contributed by atoms with van der Waals surface area (Å²) in [6, 6.07) is 0.660. The third-order valence-corrected chi connectivity index (χ3v) is 4.21. The van der Waals surface area contributed by atoms with E-state index in [0.717, 1.165) is 6.42 Å². The molecule has 4 nitrogen and oxygen atoms in total. The Hall–Kier alpha value is -2.87. The number of nitrogens with zero attached hydrogens (tertiary/aromatic N) is 2. The molecule has 1 aromatic carbocycles. The molecule has 1 aliphatic heterocycles. The summed E-state index contributed by atoms with van der Waals surface area (Å²) in [7, 11) is 5.88. The maximum atomic E-state index is 13.3. The third kappa shape index (κ3) is 6.05. The maximum absolute atomic E-state index is 13.3. The monoisotopic (exact) mass is 410 g/mol. The van der Waals surface area contributed by atoms with Crippen molar-refractivity contribution in [2.24, 2.45) is 0 Å². The van der Waals surface area contributed by atoms with E-state index in [0.29, 0.717) is 6.04 Å². The molecule has 0 N–H and O–H groups in total. The Balaban J connectivity index is 0.000000278. The molecule has 0 spiro atoms. The van der Waals surface area contributed by atoms with Gasteiger partial charge in [0.2, 0.25) is 17.4 Å². The van der Waals surface area contributed by atoms with Crippen LogP contribution in [0.1, 0.15) is 6.42 Å². The number of carbonyl (C=O) groups is 1. The second-order valence-electron chi connectivity index (χ2n) is 6.72. The number of rotatable bonds is 3. The molecule has 0 aromatic heterocycles. The van der Waals surface area contributed by atoms with Crippen LogP contribution in [0.4, 0.5) is 17.6 Å². The standard InChI is InChI=1S/C13H9F4NO2.C8H13N/c1-18-4-2-3-7(6-18)13(19)20-12-10(16)8(14)5-9(15)11(12)17;1-9(2)8-6-4-3-5-7-8/h2-5H,6H2,1H3;3-6,8H,7H2,1-2H3. The molecule has 156 valence electrons. The Morgan fingerprint density at radius 3 is 2.24 bits per heavy atom. The van der Waals surface area contributed by atoms with Crippen molar-refractivity contribution in [2.45, 2.75) is 12.5 Å². The zero-order valence-electron chi connectivity index (χ0n) is 16.3. The lowest BCUT2D eigenvalue weighted by molar-refractivity contribution is -0.130. The minimum Gasteiger partial charge on any atom is -0.417 e. The van der Waals surface area contributed by atoms with Crippen LogP contribution in [0.15, 0.2) is 54.3 Å². The molecule has 1 aromatic rings. The van der Waals surface area contributed by atoms with Gasteiger partial charge in [-0.1, -0.05) is 24.3 Å². The van der Waals surface area contributed by atoms with Gasteiger partial charge < -0.3 is 14.5 Å². The Morgan fingerprint density at radius 2 is 1.76 bits per heavy atom. The van der Waals surface area contributed by atoms with E-state index >= 15 is 0 Å². The molecule has 0 saturated carbocycles. The molecule has 29 heavy (non-hydrogen) atoms. The van der Waals surface area contributed by atoms with Crippen LogP contribution in [0.5, 0.6) is 5.75 Å². The Morgan fingerprint density at radius 1 is 1.10 bits per heavy atom. The van der Waals surface area contributed by atoms with Gasteiger partial charge in [0.05, 0.1) is 5.57 Å². The van der Waals surface area contributed by atoms with E-state index in [1.807, 2.05) is 0 Å².